The molecule has 7 heteroatoms. The molecule has 31 heavy (non-hydrogen) atoms. The minimum Gasteiger partial charge on any atom is -0.504 e. The zero-order chi connectivity index (χ0) is 21.8. The van der Waals surface area contributed by atoms with Crippen LogP contribution in [0.5, 0.6) is 11.5 Å². The van der Waals surface area contributed by atoms with Crippen molar-refractivity contribution < 1.29 is 23.9 Å². The molecule has 0 radical (unpaired) electrons. The zero-order valence-corrected chi connectivity index (χ0v) is 18.0. The number of piperazine rings is 1. The van der Waals surface area contributed by atoms with Crippen LogP contribution in [0.1, 0.15) is 18.4 Å². The van der Waals surface area contributed by atoms with E-state index < -0.39 is 0 Å². The predicted octanol–water partition coefficient (Wildman–Crippen LogP) is 1.68. The number of nitrogens with one attached hydrogen (secondary N) is 1. The highest BCUT2D eigenvalue weighted by atomic mass is 19.1. The van der Waals surface area contributed by atoms with Gasteiger partial charge in [-0.2, -0.15) is 0 Å². The summed E-state index contributed by atoms with van der Waals surface area (Å²) in [6.07, 6.45) is 1.77. The predicted molar refractivity (Wildman–Crippen MR) is 117 cm³/mol. The highest BCUT2D eigenvalue weighted by molar-refractivity contribution is 5.79. The van der Waals surface area contributed by atoms with E-state index in [0.717, 1.165) is 38.0 Å². The Morgan fingerprint density at radius 3 is 2.52 bits per heavy atom. The number of phenolic OH excluding ortho intramolecular Hbond substituents is 1. The number of amides is 1. The fraction of sp³-hybridized carbons (Fsp3) is 0.458. The highest BCUT2D eigenvalue weighted by Gasteiger charge is 2.32. The Hall–Kier alpha value is -2.80. The van der Waals surface area contributed by atoms with Crippen LogP contribution in [0.4, 0.5) is 10.1 Å². The monoisotopic (exact) mass is 428 g/mol. The second kappa shape index (κ2) is 9.56. The molecule has 0 saturated carbocycles. The van der Waals surface area contributed by atoms with Gasteiger partial charge in [0, 0.05) is 50.5 Å². The van der Waals surface area contributed by atoms with Gasteiger partial charge in [0.05, 0.1) is 25.9 Å². The lowest BCUT2D eigenvalue weighted by atomic mass is 9.94. The average Bonchev–Trinajstić information content (AvgIpc) is 2.81. The summed E-state index contributed by atoms with van der Waals surface area (Å²) < 4.78 is 19.2. The summed E-state index contributed by atoms with van der Waals surface area (Å²) in [5.74, 6) is 0.776. The quantitative estimate of drug-likeness (QED) is 0.761. The lowest BCUT2D eigenvalue weighted by Crippen LogP contribution is -3.11. The van der Waals surface area contributed by atoms with Crippen molar-refractivity contribution in [3.05, 3.63) is 53.8 Å². The molecule has 0 aromatic heterocycles. The summed E-state index contributed by atoms with van der Waals surface area (Å²) in [7, 11) is 1.55. The standard InChI is InChI=1S/C24H30FN3O3/c1-31-23-16-18(6-7-22(23)29)17-26-10-8-19(9-11-26)24(30)28-14-12-27(13-15-28)21-5-3-2-4-20(21)25/h2-7,16,19,29H,8-15,17H2,1H3/p+1. The Bertz CT molecular complexity index is 907. The molecule has 2 aromatic rings. The van der Waals surface area contributed by atoms with Crippen molar-refractivity contribution in [1.29, 1.82) is 0 Å². The Morgan fingerprint density at radius 1 is 1.13 bits per heavy atom. The minimum absolute atomic E-state index is 0.0816. The lowest BCUT2D eigenvalue weighted by Gasteiger charge is -2.38. The molecule has 2 N–H and O–H groups in total. The van der Waals surface area contributed by atoms with Crippen LogP contribution in [-0.4, -0.2) is 62.3 Å². The van der Waals surface area contributed by atoms with E-state index in [0.29, 0.717) is 37.6 Å². The Labute approximate surface area is 182 Å². The van der Waals surface area contributed by atoms with E-state index in [1.165, 1.54) is 11.0 Å². The van der Waals surface area contributed by atoms with Crippen molar-refractivity contribution in [3.63, 3.8) is 0 Å². The molecule has 2 aliphatic heterocycles. The molecule has 2 aliphatic rings. The van der Waals surface area contributed by atoms with Crippen LogP contribution in [-0.2, 0) is 11.3 Å². The van der Waals surface area contributed by atoms with Gasteiger partial charge < -0.3 is 24.5 Å². The normalized spacial score (nSPS) is 21.7. The van der Waals surface area contributed by atoms with Crippen LogP contribution in [0.3, 0.4) is 0 Å². The highest BCUT2D eigenvalue weighted by Crippen LogP contribution is 2.26. The third-order valence-electron chi connectivity index (χ3n) is 6.52. The van der Waals surface area contributed by atoms with Crippen LogP contribution in [0.25, 0.3) is 0 Å². The number of nitrogens with zero attached hydrogens (tertiary/aromatic N) is 2. The average molecular weight is 429 g/mol. The topological polar surface area (TPSA) is 57.5 Å². The van der Waals surface area contributed by atoms with Gasteiger partial charge in [0.1, 0.15) is 12.4 Å². The van der Waals surface area contributed by atoms with Crippen LogP contribution in [0.2, 0.25) is 0 Å². The number of phenols is 1. The van der Waals surface area contributed by atoms with E-state index in [4.69, 9.17) is 4.74 Å². The van der Waals surface area contributed by atoms with Crippen LogP contribution in [0.15, 0.2) is 42.5 Å². The number of likely N-dealkylation sites (tertiary alicyclic amines) is 1. The van der Waals surface area contributed by atoms with E-state index in [-0.39, 0.29) is 23.4 Å². The van der Waals surface area contributed by atoms with E-state index in [2.05, 4.69) is 0 Å². The summed E-state index contributed by atoms with van der Waals surface area (Å²) in [4.78, 5) is 18.5. The fourth-order valence-electron chi connectivity index (χ4n) is 4.70. The van der Waals surface area contributed by atoms with Gasteiger partial charge in [-0.3, -0.25) is 4.79 Å². The number of rotatable bonds is 5. The van der Waals surface area contributed by atoms with Crippen molar-refractivity contribution in [2.75, 3.05) is 51.3 Å². The molecule has 0 atom stereocenters. The molecular weight excluding hydrogens is 397 g/mol. The van der Waals surface area contributed by atoms with Gasteiger partial charge in [-0.25, -0.2) is 4.39 Å². The maximum absolute atomic E-state index is 14.0. The molecule has 4 rings (SSSR count). The molecule has 1 amide bonds. The van der Waals surface area contributed by atoms with Crippen molar-refractivity contribution in [2.24, 2.45) is 5.92 Å². The number of hydrogen-bond acceptors (Lipinski definition) is 4. The molecule has 2 aromatic carbocycles. The SMILES string of the molecule is COc1cc(C[NH+]2CCC(C(=O)N3CCN(c4ccccc4F)CC3)CC2)ccc1O. The summed E-state index contributed by atoms with van der Waals surface area (Å²) in [5.41, 5.74) is 1.75. The van der Waals surface area contributed by atoms with Gasteiger partial charge in [-0.05, 0) is 30.3 Å². The maximum atomic E-state index is 14.0. The minimum atomic E-state index is -0.205. The van der Waals surface area contributed by atoms with Gasteiger partial charge in [-0.1, -0.05) is 12.1 Å². The van der Waals surface area contributed by atoms with Gasteiger partial charge >= 0.3 is 0 Å². The molecule has 2 saturated heterocycles. The number of aromatic hydroxyl groups is 1. The maximum Gasteiger partial charge on any atom is 0.226 e. The first kappa shape index (κ1) is 21.4. The fourth-order valence-corrected chi connectivity index (χ4v) is 4.70. The van der Waals surface area contributed by atoms with Crippen LogP contribution < -0.4 is 14.5 Å². The summed E-state index contributed by atoms with van der Waals surface area (Å²) in [6, 6.07) is 12.3. The van der Waals surface area contributed by atoms with E-state index in [1.807, 2.05) is 28.0 Å². The van der Waals surface area contributed by atoms with Gasteiger partial charge in [0.25, 0.3) is 0 Å². The number of ether oxygens (including phenoxy) is 1. The number of anilines is 1. The number of para-hydroxylation sites is 1. The first-order valence-corrected chi connectivity index (χ1v) is 11.0. The van der Waals surface area contributed by atoms with Crippen LogP contribution >= 0.6 is 0 Å². The number of methoxy groups -OCH3 is 1. The number of piperidine rings is 1. The number of carbonyl (C=O) groups is 1. The van der Waals surface area contributed by atoms with E-state index in [9.17, 15) is 14.3 Å². The summed E-state index contributed by atoms with van der Waals surface area (Å²) in [6.45, 7) is 5.39. The second-order valence-corrected chi connectivity index (χ2v) is 8.47. The molecule has 6 nitrogen and oxygen atoms in total. The number of carbonyl (C=O) groups excluding carboxylic acids is 1. The largest absolute Gasteiger partial charge is 0.504 e. The molecule has 166 valence electrons. The molecule has 0 unspecified atom stereocenters. The third kappa shape index (κ3) is 4.93. The summed E-state index contributed by atoms with van der Waals surface area (Å²) in [5, 5.41) is 9.76. The smallest absolute Gasteiger partial charge is 0.226 e. The van der Waals surface area contributed by atoms with Crippen molar-refractivity contribution >= 4 is 11.6 Å². The Morgan fingerprint density at radius 2 is 1.84 bits per heavy atom. The first-order valence-electron chi connectivity index (χ1n) is 11.0. The van der Waals surface area contributed by atoms with Crippen molar-refractivity contribution in [2.45, 2.75) is 19.4 Å². The van der Waals surface area contributed by atoms with Crippen LogP contribution in [0, 0.1) is 11.7 Å². The van der Waals surface area contributed by atoms with Gasteiger partial charge in [0.15, 0.2) is 11.5 Å². The van der Waals surface area contributed by atoms with Crippen molar-refractivity contribution in [1.82, 2.24) is 4.90 Å². The Kier molecular flexibility index (Phi) is 6.61. The van der Waals surface area contributed by atoms with Gasteiger partial charge in [-0.15, -0.1) is 0 Å². The first-order chi connectivity index (χ1) is 15.0. The molecule has 2 heterocycles. The molecule has 2 fully saturated rings. The Balaban J connectivity index is 1.26. The zero-order valence-electron chi connectivity index (χ0n) is 18.0. The second-order valence-electron chi connectivity index (χ2n) is 8.47. The third-order valence-corrected chi connectivity index (χ3v) is 6.52. The molecule has 0 bridgehead atoms. The molecular formula is C24H31FN3O3+. The van der Waals surface area contributed by atoms with E-state index in [1.54, 1.807) is 25.3 Å². The van der Waals surface area contributed by atoms with E-state index >= 15 is 0 Å². The number of quaternary nitrogens is 1. The van der Waals surface area contributed by atoms with Crippen molar-refractivity contribution in [3.8, 4) is 11.5 Å². The number of halogens is 1. The summed E-state index contributed by atoms with van der Waals surface area (Å²) >= 11 is 0. The van der Waals surface area contributed by atoms with Gasteiger partial charge in [0.2, 0.25) is 5.91 Å². The lowest BCUT2D eigenvalue weighted by molar-refractivity contribution is -0.919. The molecule has 0 spiro atoms. The number of benzene rings is 2. The number of hydrogen-bond donors (Lipinski definition) is 2. The molecule has 0 aliphatic carbocycles.